The molecule has 0 saturated carbocycles. The van der Waals surface area contributed by atoms with E-state index in [4.69, 9.17) is 16.2 Å². The highest BCUT2D eigenvalue weighted by atomic mass is 16.5. The van der Waals surface area contributed by atoms with Crippen molar-refractivity contribution in [2.75, 3.05) is 7.11 Å². The Labute approximate surface area is 138 Å². The molecule has 0 spiro atoms. The summed E-state index contributed by atoms with van der Waals surface area (Å²) < 4.78 is 5.18. The lowest BCUT2D eigenvalue weighted by Gasteiger charge is -2.08. The molecule has 0 aliphatic heterocycles. The average Bonchev–Trinajstić information content (AvgIpc) is 2.60. The third kappa shape index (κ3) is 3.03. The Balaban J connectivity index is 2.17. The molecule has 0 saturated heterocycles. The lowest BCUT2D eigenvalue weighted by molar-refractivity contribution is 0.100. The summed E-state index contributed by atoms with van der Waals surface area (Å²) in [6.45, 7) is 0. The van der Waals surface area contributed by atoms with Gasteiger partial charge in [0.25, 0.3) is 5.91 Å². The molecule has 0 atom stereocenters. The van der Waals surface area contributed by atoms with Crippen molar-refractivity contribution in [3.05, 3.63) is 60.2 Å². The molecule has 0 fully saturated rings. The Hall–Kier alpha value is -3.41. The van der Waals surface area contributed by atoms with E-state index < -0.39 is 5.91 Å². The molecule has 24 heavy (non-hydrogen) atoms. The van der Waals surface area contributed by atoms with Gasteiger partial charge in [-0.1, -0.05) is 30.3 Å². The number of rotatable bonds is 3. The summed E-state index contributed by atoms with van der Waals surface area (Å²) in [7, 11) is 1.57. The Bertz CT molecular complexity index is 947. The van der Waals surface area contributed by atoms with E-state index in [1.807, 2.05) is 36.4 Å². The SMILES string of the molecule is COc1cccc(-c2cccc3ccc(C(=O)N=C(N)N)cc23)n1. The van der Waals surface area contributed by atoms with Crippen LogP contribution in [0, 0.1) is 0 Å². The number of methoxy groups -OCH3 is 1. The number of nitrogens with zero attached hydrogens (tertiary/aromatic N) is 2. The van der Waals surface area contributed by atoms with Gasteiger partial charge in [-0.15, -0.1) is 0 Å². The Morgan fingerprint density at radius 1 is 1.08 bits per heavy atom. The molecular formula is C18H16N4O2. The van der Waals surface area contributed by atoms with E-state index in [1.165, 1.54) is 0 Å². The van der Waals surface area contributed by atoms with E-state index in [9.17, 15) is 4.79 Å². The van der Waals surface area contributed by atoms with Crippen molar-refractivity contribution in [1.82, 2.24) is 4.98 Å². The van der Waals surface area contributed by atoms with Crippen LogP contribution in [-0.2, 0) is 0 Å². The van der Waals surface area contributed by atoms with E-state index in [-0.39, 0.29) is 5.96 Å². The molecule has 3 aromatic rings. The second-order valence-corrected chi connectivity index (χ2v) is 5.15. The van der Waals surface area contributed by atoms with Crippen molar-refractivity contribution in [2.45, 2.75) is 0 Å². The van der Waals surface area contributed by atoms with Crippen LogP contribution in [-0.4, -0.2) is 24.0 Å². The van der Waals surface area contributed by atoms with Gasteiger partial charge in [-0.3, -0.25) is 4.79 Å². The van der Waals surface area contributed by atoms with Gasteiger partial charge in [0.15, 0.2) is 5.96 Å². The van der Waals surface area contributed by atoms with Crippen LogP contribution in [0.15, 0.2) is 59.6 Å². The maximum atomic E-state index is 12.1. The number of guanidine groups is 1. The van der Waals surface area contributed by atoms with Gasteiger partial charge in [-0.2, -0.15) is 4.99 Å². The molecule has 6 heteroatoms. The van der Waals surface area contributed by atoms with Gasteiger partial charge in [0.2, 0.25) is 5.88 Å². The van der Waals surface area contributed by atoms with E-state index in [1.54, 1.807) is 25.3 Å². The van der Waals surface area contributed by atoms with Crippen LogP contribution in [0.25, 0.3) is 22.0 Å². The number of carbonyl (C=O) groups is 1. The maximum absolute atomic E-state index is 12.1. The van der Waals surface area contributed by atoms with Gasteiger partial charge in [0.1, 0.15) is 0 Å². The number of pyridine rings is 1. The number of ether oxygens (including phenoxy) is 1. The Morgan fingerprint density at radius 2 is 1.88 bits per heavy atom. The van der Waals surface area contributed by atoms with Gasteiger partial charge in [0.05, 0.1) is 12.8 Å². The van der Waals surface area contributed by atoms with Gasteiger partial charge in [-0.25, -0.2) is 4.98 Å². The lowest BCUT2D eigenvalue weighted by Crippen LogP contribution is -2.24. The van der Waals surface area contributed by atoms with Crippen molar-refractivity contribution in [2.24, 2.45) is 16.5 Å². The van der Waals surface area contributed by atoms with Gasteiger partial charge in [0, 0.05) is 17.2 Å². The molecule has 6 nitrogen and oxygen atoms in total. The molecule has 0 unspecified atom stereocenters. The van der Waals surface area contributed by atoms with Crippen LogP contribution in [0.3, 0.4) is 0 Å². The number of hydrogen-bond acceptors (Lipinski definition) is 3. The van der Waals surface area contributed by atoms with Crippen molar-refractivity contribution >= 4 is 22.6 Å². The smallest absolute Gasteiger partial charge is 0.280 e. The van der Waals surface area contributed by atoms with E-state index in [0.717, 1.165) is 22.0 Å². The average molecular weight is 320 g/mol. The second kappa shape index (κ2) is 6.37. The van der Waals surface area contributed by atoms with Gasteiger partial charge in [-0.05, 0) is 29.0 Å². The number of benzene rings is 2. The first kappa shape index (κ1) is 15.5. The Morgan fingerprint density at radius 3 is 2.62 bits per heavy atom. The van der Waals surface area contributed by atoms with Gasteiger partial charge < -0.3 is 16.2 Å². The van der Waals surface area contributed by atoms with Crippen molar-refractivity contribution in [1.29, 1.82) is 0 Å². The zero-order valence-corrected chi connectivity index (χ0v) is 13.1. The van der Waals surface area contributed by atoms with Crippen LogP contribution in [0.4, 0.5) is 0 Å². The molecule has 120 valence electrons. The monoisotopic (exact) mass is 320 g/mol. The molecule has 0 aliphatic carbocycles. The van der Waals surface area contributed by atoms with Crippen LogP contribution in [0.2, 0.25) is 0 Å². The fraction of sp³-hybridized carbons (Fsp3) is 0.0556. The number of nitrogens with two attached hydrogens (primary N) is 2. The number of aromatic nitrogens is 1. The van der Waals surface area contributed by atoms with Gasteiger partial charge >= 0.3 is 0 Å². The molecule has 1 aromatic heterocycles. The number of amides is 1. The standard InChI is InChI=1S/C18H16N4O2/c1-24-16-7-3-6-15(21-16)13-5-2-4-11-8-9-12(10-14(11)13)17(23)22-18(19)20/h2-10H,1H3,(H4,19,20,22,23). The quantitative estimate of drug-likeness (QED) is 0.569. The highest BCUT2D eigenvalue weighted by Crippen LogP contribution is 2.29. The molecule has 3 rings (SSSR count). The zero-order chi connectivity index (χ0) is 17.1. The number of carbonyl (C=O) groups excluding carboxylic acids is 1. The minimum Gasteiger partial charge on any atom is -0.481 e. The first-order valence-electron chi connectivity index (χ1n) is 7.26. The minimum absolute atomic E-state index is 0.261. The molecule has 0 bridgehead atoms. The predicted octanol–water partition coefficient (Wildman–Crippen LogP) is 2.32. The third-order valence-corrected chi connectivity index (χ3v) is 3.57. The molecule has 0 aliphatic rings. The number of fused-ring (bicyclic) bond motifs is 1. The topological polar surface area (TPSA) is 104 Å². The molecule has 1 heterocycles. The number of aliphatic imine (C=N–C) groups is 1. The summed E-state index contributed by atoms with van der Waals surface area (Å²) >= 11 is 0. The fourth-order valence-electron chi connectivity index (χ4n) is 2.49. The first-order valence-corrected chi connectivity index (χ1v) is 7.26. The summed E-state index contributed by atoms with van der Waals surface area (Å²) in [6, 6.07) is 16.7. The maximum Gasteiger partial charge on any atom is 0.280 e. The Kier molecular flexibility index (Phi) is 4.11. The lowest BCUT2D eigenvalue weighted by atomic mass is 9.99. The zero-order valence-electron chi connectivity index (χ0n) is 13.1. The van der Waals surface area contributed by atoms with E-state index >= 15 is 0 Å². The van der Waals surface area contributed by atoms with Crippen LogP contribution >= 0.6 is 0 Å². The van der Waals surface area contributed by atoms with Crippen LogP contribution in [0.5, 0.6) is 5.88 Å². The predicted molar refractivity (Wildman–Crippen MR) is 93.9 cm³/mol. The summed E-state index contributed by atoms with van der Waals surface area (Å²) in [6.07, 6.45) is 0. The molecular weight excluding hydrogens is 304 g/mol. The van der Waals surface area contributed by atoms with Crippen molar-refractivity contribution < 1.29 is 9.53 Å². The first-order chi connectivity index (χ1) is 11.6. The van der Waals surface area contributed by atoms with E-state index in [0.29, 0.717) is 11.4 Å². The minimum atomic E-state index is -0.481. The molecule has 4 N–H and O–H groups in total. The van der Waals surface area contributed by atoms with Crippen molar-refractivity contribution in [3.8, 4) is 17.1 Å². The normalized spacial score (nSPS) is 10.4. The summed E-state index contributed by atoms with van der Waals surface area (Å²) in [5.41, 5.74) is 12.6. The highest BCUT2D eigenvalue weighted by Gasteiger charge is 2.10. The molecule has 1 amide bonds. The third-order valence-electron chi connectivity index (χ3n) is 3.57. The summed E-state index contributed by atoms with van der Waals surface area (Å²) in [4.78, 5) is 20.1. The van der Waals surface area contributed by atoms with Crippen LogP contribution < -0.4 is 16.2 Å². The number of hydrogen-bond donors (Lipinski definition) is 2. The largest absolute Gasteiger partial charge is 0.481 e. The van der Waals surface area contributed by atoms with E-state index in [2.05, 4.69) is 9.98 Å². The molecule has 0 radical (unpaired) electrons. The molecule has 2 aromatic carbocycles. The summed E-state index contributed by atoms with van der Waals surface area (Å²) in [5.74, 6) is -0.217. The summed E-state index contributed by atoms with van der Waals surface area (Å²) in [5, 5.41) is 1.87. The highest BCUT2D eigenvalue weighted by molar-refractivity contribution is 6.06. The fourth-order valence-corrected chi connectivity index (χ4v) is 2.49. The second-order valence-electron chi connectivity index (χ2n) is 5.15. The van der Waals surface area contributed by atoms with Crippen LogP contribution in [0.1, 0.15) is 10.4 Å². The van der Waals surface area contributed by atoms with Crippen molar-refractivity contribution in [3.63, 3.8) is 0 Å².